The number of hydrogen-bond acceptors (Lipinski definition) is 3. The van der Waals surface area contributed by atoms with Gasteiger partial charge in [0.15, 0.2) is 0 Å². The van der Waals surface area contributed by atoms with Crippen LogP contribution in [0.25, 0.3) is 0 Å². The molecule has 2 atom stereocenters. The summed E-state index contributed by atoms with van der Waals surface area (Å²) in [5.41, 5.74) is 6.67. The highest BCUT2D eigenvalue weighted by molar-refractivity contribution is 7.09. The molecule has 3 heteroatoms. The van der Waals surface area contributed by atoms with Gasteiger partial charge in [0.05, 0.1) is 0 Å². The van der Waals surface area contributed by atoms with Gasteiger partial charge in [0.25, 0.3) is 0 Å². The molecule has 2 aliphatic carbocycles. The molecular weight excluding hydrogens is 276 g/mol. The van der Waals surface area contributed by atoms with Crippen molar-refractivity contribution >= 4 is 11.3 Å². The molecule has 0 aromatic carbocycles. The predicted molar refractivity (Wildman–Crippen MR) is 91.5 cm³/mol. The molecule has 0 bridgehead atoms. The van der Waals surface area contributed by atoms with Crippen LogP contribution in [0.1, 0.15) is 57.2 Å². The smallest absolute Gasteiger partial charge is 0.0369 e. The van der Waals surface area contributed by atoms with Gasteiger partial charge >= 0.3 is 0 Å². The summed E-state index contributed by atoms with van der Waals surface area (Å²) in [4.78, 5) is 4.32. The highest BCUT2D eigenvalue weighted by Crippen LogP contribution is 2.47. The molecule has 0 radical (unpaired) electrons. The lowest BCUT2D eigenvalue weighted by Gasteiger charge is -2.53. The summed E-state index contributed by atoms with van der Waals surface area (Å²) in [7, 11) is 0. The minimum atomic E-state index is 0.248. The number of nitrogens with zero attached hydrogens (tertiary/aromatic N) is 1. The molecule has 0 spiro atoms. The number of thiophene rings is 1. The summed E-state index contributed by atoms with van der Waals surface area (Å²) in [5, 5.41) is 2.20. The Bertz CT molecular complexity index is 438. The lowest BCUT2D eigenvalue weighted by atomic mass is 9.66. The average Bonchev–Trinajstić information content (AvgIpc) is 3.20. The van der Waals surface area contributed by atoms with Crippen molar-refractivity contribution in [1.29, 1.82) is 0 Å². The van der Waals surface area contributed by atoms with E-state index in [1.54, 1.807) is 0 Å². The summed E-state index contributed by atoms with van der Waals surface area (Å²) in [5.74, 6) is 1.50. The SMILES string of the molecule is CC(C)C1CCCCC1(CN)N(Cc1cccs1)C1CC1. The number of nitrogens with two attached hydrogens (primary N) is 1. The van der Waals surface area contributed by atoms with Crippen LogP contribution in [0.15, 0.2) is 17.5 Å². The summed E-state index contributed by atoms with van der Waals surface area (Å²) in [6.07, 6.45) is 8.16. The maximum atomic E-state index is 6.42. The second kappa shape index (κ2) is 6.39. The Morgan fingerprint density at radius 3 is 2.71 bits per heavy atom. The van der Waals surface area contributed by atoms with E-state index < -0.39 is 0 Å². The van der Waals surface area contributed by atoms with Gasteiger partial charge < -0.3 is 5.73 Å². The van der Waals surface area contributed by atoms with Gasteiger partial charge in [-0.2, -0.15) is 0 Å². The van der Waals surface area contributed by atoms with E-state index in [4.69, 9.17) is 5.73 Å². The summed E-state index contributed by atoms with van der Waals surface area (Å²) in [6.45, 7) is 6.74. The summed E-state index contributed by atoms with van der Waals surface area (Å²) < 4.78 is 0. The third kappa shape index (κ3) is 3.06. The van der Waals surface area contributed by atoms with Crippen molar-refractivity contribution in [2.75, 3.05) is 6.54 Å². The van der Waals surface area contributed by atoms with E-state index in [9.17, 15) is 0 Å². The van der Waals surface area contributed by atoms with Crippen LogP contribution >= 0.6 is 11.3 Å². The van der Waals surface area contributed by atoms with Gasteiger partial charge in [0.2, 0.25) is 0 Å². The van der Waals surface area contributed by atoms with Gasteiger partial charge in [-0.15, -0.1) is 11.3 Å². The first-order valence-electron chi connectivity index (χ1n) is 8.66. The summed E-state index contributed by atoms with van der Waals surface area (Å²) >= 11 is 1.90. The Balaban J connectivity index is 1.89. The molecule has 0 aliphatic heterocycles. The zero-order valence-electron chi connectivity index (χ0n) is 13.6. The fourth-order valence-electron chi connectivity index (χ4n) is 4.54. The van der Waals surface area contributed by atoms with Gasteiger partial charge in [0, 0.05) is 29.5 Å². The van der Waals surface area contributed by atoms with Crippen molar-refractivity contribution < 1.29 is 0 Å². The van der Waals surface area contributed by atoms with E-state index in [0.717, 1.165) is 31.0 Å². The first kappa shape index (κ1) is 15.5. The maximum Gasteiger partial charge on any atom is 0.0369 e. The van der Waals surface area contributed by atoms with Crippen LogP contribution in [0.4, 0.5) is 0 Å². The molecule has 2 nitrogen and oxygen atoms in total. The van der Waals surface area contributed by atoms with Gasteiger partial charge in [-0.05, 0) is 49.0 Å². The molecule has 1 heterocycles. The first-order valence-corrected chi connectivity index (χ1v) is 9.54. The zero-order chi connectivity index (χ0) is 14.9. The van der Waals surface area contributed by atoms with E-state index in [1.165, 1.54) is 43.4 Å². The minimum absolute atomic E-state index is 0.248. The highest BCUT2D eigenvalue weighted by atomic mass is 32.1. The van der Waals surface area contributed by atoms with Gasteiger partial charge in [-0.25, -0.2) is 0 Å². The molecule has 21 heavy (non-hydrogen) atoms. The van der Waals surface area contributed by atoms with Crippen LogP contribution in [0.5, 0.6) is 0 Å². The maximum absolute atomic E-state index is 6.42. The van der Waals surface area contributed by atoms with E-state index in [2.05, 4.69) is 36.3 Å². The standard InChI is InChI=1S/C18H30N2S/c1-14(2)17-7-3-4-10-18(17,13-19)20(15-8-9-15)12-16-6-5-11-21-16/h5-6,11,14-15,17H,3-4,7-10,12-13,19H2,1-2H3. The monoisotopic (exact) mass is 306 g/mol. The highest BCUT2D eigenvalue weighted by Gasteiger charge is 2.49. The van der Waals surface area contributed by atoms with E-state index in [0.29, 0.717) is 0 Å². The topological polar surface area (TPSA) is 29.3 Å². The Morgan fingerprint density at radius 1 is 1.33 bits per heavy atom. The third-order valence-corrected chi connectivity index (χ3v) is 6.55. The van der Waals surface area contributed by atoms with Gasteiger partial charge in [-0.3, -0.25) is 4.90 Å². The second-order valence-electron chi connectivity index (χ2n) is 7.34. The number of hydrogen-bond donors (Lipinski definition) is 1. The molecular formula is C18H30N2S. The van der Waals surface area contributed by atoms with Crippen LogP contribution in [-0.4, -0.2) is 23.0 Å². The second-order valence-corrected chi connectivity index (χ2v) is 8.37. The molecule has 0 saturated heterocycles. The van der Waals surface area contributed by atoms with Crippen LogP contribution in [0.3, 0.4) is 0 Å². The van der Waals surface area contributed by atoms with Crippen molar-refractivity contribution in [3.05, 3.63) is 22.4 Å². The van der Waals surface area contributed by atoms with Crippen LogP contribution < -0.4 is 5.73 Å². The van der Waals surface area contributed by atoms with Crippen molar-refractivity contribution in [1.82, 2.24) is 4.90 Å². The van der Waals surface area contributed by atoms with Crippen molar-refractivity contribution in [3.8, 4) is 0 Å². The molecule has 2 N–H and O–H groups in total. The van der Waals surface area contributed by atoms with E-state index in [1.807, 2.05) is 11.3 Å². The zero-order valence-corrected chi connectivity index (χ0v) is 14.4. The first-order chi connectivity index (χ1) is 10.2. The molecule has 1 aromatic rings. The Kier molecular flexibility index (Phi) is 4.72. The Labute approximate surface area is 133 Å². The molecule has 2 aliphatic rings. The fraction of sp³-hybridized carbons (Fsp3) is 0.778. The molecule has 1 aromatic heterocycles. The van der Waals surface area contributed by atoms with E-state index in [-0.39, 0.29) is 5.54 Å². The van der Waals surface area contributed by atoms with Crippen LogP contribution in [0, 0.1) is 11.8 Å². The molecule has 2 unspecified atom stereocenters. The molecule has 118 valence electrons. The van der Waals surface area contributed by atoms with Crippen molar-refractivity contribution in [2.45, 2.75) is 70.5 Å². The van der Waals surface area contributed by atoms with E-state index >= 15 is 0 Å². The predicted octanol–water partition coefficient (Wildman–Crippen LogP) is 4.26. The van der Waals surface area contributed by atoms with Crippen LogP contribution in [-0.2, 0) is 6.54 Å². The summed E-state index contributed by atoms with van der Waals surface area (Å²) in [6, 6.07) is 5.26. The largest absolute Gasteiger partial charge is 0.329 e. The molecule has 2 fully saturated rings. The average molecular weight is 307 g/mol. The normalized spacial score (nSPS) is 30.2. The molecule has 0 amide bonds. The fourth-order valence-corrected chi connectivity index (χ4v) is 5.24. The Hall–Kier alpha value is -0.380. The van der Waals surface area contributed by atoms with Gasteiger partial charge in [-0.1, -0.05) is 32.8 Å². The van der Waals surface area contributed by atoms with Crippen molar-refractivity contribution in [2.24, 2.45) is 17.6 Å². The van der Waals surface area contributed by atoms with Crippen LogP contribution in [0.2, 0.25) is 0 Å². The van der Waals surface area contributed by atoms with Gasteiger partial charge in [0.1, 0.15) is 0 Å². The third-order valence-electron chi connectivity index (χ3n) is 5.69. The lowest BCUT2D eigenvalue weighted by molar-refractivity contribution is -0.0250. The Morgan fingerprint density at radius 2 is 2.14 bits per heavy atom. The number of rotatable bonds is 6. The quantitative estimate of drug-likeness (QED) is 0.851. The van der Waals surface area contributed by atoms with Crippen molar-refractivity contribution in [3.63, 3.8) is 0 Å². The molecule has 3 rings (SSSR count). The molecule has 2 saturated carbocycles. The minimum Gasteiger partial charge on any atom is -0.329 e. The lowest BCUT2D eigenvalue weighted by Crippen LogP contribution is -2.61.